The largest absolute Gasteiger partial charge is 0.480 e. The van der Waals surface area contributed by atoms with Crippen molar-refractivity contribution < 1.29 is 29.0 Å². The van der Waals surface area contributed by atoms with Crippen LogP contribution in [0.5, 0.6) is 0 Å². The van der Waals surface area contributed by atoms with E-state index in [2.05, 4.69) is 17.4 Å². The first-order valence-corrected chi connectivity index (χ1v) is 12.4. The van der Waals surface area contributed by atoms with Gasteiger partial charge in [0.2, 0.25) is 0 Å². The van der Waals surface area contributed by atoms with Gasteiger partial charge in [-0.05, 0) is 55.2 Å². The lowest BCUT2D eigenvalue weighted by atomic mass is 9.98. The van der Waals surface area contributed by atoms with Crippen LogP contribution in [0.25, 0.3) is 11.1 Å². The van der Waals surface area contributed by atoms with Gasteiger partial charge in [0.15, 0.2) is 0 Å². The van der Waals surface area contributed by atoms with E-state index in [-0.39, 0.29) is 31.3 Å². The number of thioether (sulfide) groups is 1. The highest BCUT2D eigenvalue weighted by Crippen LogP contribution is 2.44. The lowest BCUT2D eigenvalue weighted by Crippen LogP contribution is -2.41. The monoisotopic (exact) mass is 485 g/mol. The molecule has 2 aromatic rings. The fourth-order valence-electron chi connectivity index (χ4n) is 3.89. The number of rotatable bonds is 10. The summed E-state index contributed by atoms with van der Waals surface area (Å²) in [6.07, 6.45) is -0.286. The number of alkyl carbamates (subject to hydrolysis) is 1. The van der Waals surface area contributed by atoms with Crippen LogP contribution in [0.4, 0.5) is 4.79 Å². The Balaban J connectivity index is 1.46. The van der Waals surface area contributed by atoms with Gasteiger partial charge in [-0.2, -0.15) is 11.8 Å². The molecule has 1 atom stereocenters. The summed E-state index contributed by atoms with van der Waals surface area (Å²) in [5.74, 6) is -0.507. The molecule has 0 bridgehead atoms. The molecule has 0 heterocycles. The lowest BCUT2D eigenvalue weighted by molar-refractivity contribution is -0.154. The van der Waals surface area contributed by atoms with Crippen molar-refractivity contribution in [2.75, 3.05) is 18.1 Å². The van der Waals surface area contributed by atoms with E-state index >= 15 is 0 Å². The van der Waals surface area contributed by atoms with E-state index in [1.807, 2.05) is 57.2 Å². The maximum Gasteiger partial charge on any atom is 0.407 e. The van der Waals surface area contributed by atoms with Gasteiger partial charge >= 0.3 is 18.0 Å². The third kappa shape index (κ3) is 7.00. The molecular formula is C26H31NO6S. The first kappa shape index (κ1) is 25.6. The number of nitrogens with one attached hydrogen (secondary N) is 1. The fraction of sp³-hybridized carbons (Fsp3) is 0.423. The number of carboxylic acid groups (broad SMARTS) is 1. The van der Waals surface area contributed by atoms with E-state index in [1.54, 1.807) is 0 Å². The molecule has 7 nitrogen and oxygen atoms in total. The second-order valence-corrected chi connectivity index (χ2v) is 10.3. The zero-order chi connectivity index (χ0) is 24.7. The Hall–Kier alpha value is -3.00. The van der Waals surface area contributed by atoms with Crippen LogP contribution in [0.1, 0.15) is 50.7 Å². The molecule has 3 rings (SSSR count). The standard InChI is InChI=1S/C26H31NO6S/c1-26(2,3)33-23(28)13-15-34-14-12-22(24(29)30)27-25(31)32-16-21-19-10-6-4-8-17(19)18-9-5-7-11-20(18)21/h4-11,21-22H,12-16H2,1-3H3,(H,27,31)(H,29,30). The number of carbonyl (C=O) groups is 3. The first-order valence-electron chi connectivity index (χ1n) is 11.3. The number of amides is 1. The molecular weight excluding hydrogens is 454 g/mol. The maximum absolute atomic E-state index is 12.4. The summed E-state index contributed by atoms with van der Waals surface area (Å²) in [5, 5.41) is 11.9. The lowest BCUT2D eigenvalue weighted by Gasteiger charge is -2.19. The Morgan fingerprint density at radius 2 is 1.59 bits per heavy atom. The van der Waals surface area contributed by atoms with E-state index in [0.717, 1.165) is 22.3 Å². The number of benzene rings is 2. The quantitative estimate of drug-likeness (QED) is 0.367. The van der Waals surface area contributed by atoms with Crippen LogP contribution >= 0.6 is 11.8 Å². The Labute approximate surface area is 204 Å². The molecule has 182 valence electrons. The zero-order valence-corrected chi connectivity index (χ0v) is 20.5. The normalized spacial score (nSPS) is 13.5. The molecule has 34 heavy (non-hydrogen) atoms. The third-order valence-corrected chi connectivity index (χ3v) is 6.37. The predicted octanol–water partition coefficient (Wildman–Crippen LogP) is 4.83. The van der Waals surface area contributed by atoms with Crippen molar-refractivity contribution in [3.05, 3.63) is 59.7 Å². The molecule has 8 heteroatoms. The van der Waals surface area contributed by atoms with E-state index in [9.17, 15) is 19.5 Å². The van der Waals surface area contributed by atoms with Crippen LogP contribution < -0.4 is 5.32 Å². The first-order chi connectivity index (χ1) is 16.2. The highest BCUT2D eigenvalue weighted by Gasteiger charge is 2.29. The number of aliphatic carboxylic acids is 1. The van der Waals surface area contributed by atoms with Gasteiger partial charge in [0, 0.05) is 11.7 Å². The molecule has 0 saturated carbocycles. The molecule has 0 spiro atoms. The molecule has 0 aliphatic heterocycles. The SMILES string of the molecule is CC(C)(C)OC(=O)CCSCCC(NC(=O)OCC1c2ccccc2-c2ccccc21)C(=O)O. The van der Waals surface area contributed by atoms with Crippen LogP contribution in [0.3, 0.4) is 0 Å². The highest BCUT2D eigenvalue weighted by molar-refractivity contribution is 7.99. The molecule has 1 unspecified atom stereocenters. The minimum Gasteiger partial charge on any atom is -0.480 e. The summed E-state index contributed by atoms with van der Waals surface area (Å²) >= 11 is 1.44. The number of esters is 1. The number of hydrogen-bond acceptors (Lipinski definition) is 6. The molecule has 1 aliphatic rings. The zero-order valence-electron chi connectivity index (χ0n) is 19.7. The second kappa shape index (κ2) is 11.4. The average molecular weight is 486 g/mol. The van der Waals surface area contributed by atoms with Crippen LogP contribution in [0.15, 0.2) is 48.5 Å². The second-order valence-electron chi connectivity index (χ2n) is 9.10. The number of carbonyl (C=O) groups excluding carboxylic acids is 2. The molecule has 1 aliphatic carbocycles. The smallest absolute Gasteiger partial charge is 0.407 e. The fourth-order valence-corrected chi connectivity index (χ4v) is 4.81. The van der Waals surface area contributed by atoms with Crippen molar-refractivity contribution in [1.29, 1.82) is 0 Å². The van der Waals surface area contributed by atoms with Crippen molar-refractivity contribution in [2.45, 2.75) is 51.2 Å². The topological polar surface area (TPSA) is 102 Å². The van der Waals surface area contributed by atoms with Crippen LogP contribution in [-0.4, -0.2) is 52.9 Å². The van der Waals surface area contributed by atoms with Gasteiger partial charge in [-0.1, -0.05) is 48.5 Å². The number of carboxylic acids is 1. The molecule has 0 radical (unpaired) electrons. The van der Waals surface area contributed by atoms with Crippen molar-refractivity contribution >= 4 is 29.8 Å². The average Bonchev–Trinajstić information content (AvgIpc) is 3.09. The Bertz CT molecular complexity index is 986. The van der Waals surface area contributed by atoms with E-state index in [0.29, 0.717) is 11.5 Å². The van der Waals surface area contributed by atoms with Crippen molar-refractivity contribution in [3.63, 3.8) is 0 Å². The van der Waals surface area contributed by atoms with Gasteiger partial charge in [0.1, 0.15) is 18.2 Å². The van der Waals surface area contributed by atoms with E-state index < -0.39 is 23.7 Å². The summed E-state index contributed by atoms with van der Waals surface area (Å²) in [5.41, 5.74) is 3.90. The summed E-state index contributed by atoms with van der Waals surface area (Å²) in [4.78, 5) is 35.7. The van der Waals surface area contributed by atoms with Crippen LogP contribution in [-0.2, 0) is 19.1 Å². The van der Waals surface area contributed by atoms with Gasteiger partial charge in [-0.25, -0.2) is 9.59 Å². The Kier molecular flexibility index (Phi) is 8.61. The van der Waals surface area contributed by atoms with Crippen molar-refractivity contribution in [3.8, 4) is 11.1 Å². The van der Waals surface area contributed by atoms with Crippen LogP contribution in [0, 0.1) is 0 Å². The highest BCUT2D eigenvalue weighted by atomic mass is 32.2. The minimum absolute atomic E-state index is 0.0927. The van der Waals surface area contributed by atoms with Gasteiger partial charge in [-0.15, -0.1) is 0 Å². The molecule has 2 aromatic carbocycles. The Morgan fingerprint density at radius 1 is 1.00 bits per heavy atom. The summed E-state index contributed by atoms with van der Waals surface area (Å²) in [7, 11) is 0. The molecule has 0 saturated heterocycles. The number of hydrogen-bond donors (Lipinski definition) is 2. The van der Waals surface area contributed by atoms with Gasteiger partial charge in [0.25, 0.3) is 0 Å². The van der Waals surface area contributed by atoms with Crippen LogP contribution in [0.2, 0.25) is 0 Å². The van der Waals surface area contributed by atoms with Gasteiger partial charge < -0.3 is 19.9 Å². The summed E-state index contributed by atoms with van der Waals surface area (Å²) < 4.78 is 10.7. The molecule has 0 fully saturated rings. The Morgan fingerprint density at radius 3 is 2.15 bits per heavy atom. The van der Waals surface area contributed by atoms with Gasteiger partial charge in [-0.3, -0.25) is 4.79 Å². The van der Waals surface area contributed by atoms with E-state index in [4.69, 9.17) is 9.47 Å². The number of fused-ring (bicyclic) bond motifs is 3. The molecule has 0 aromatic heterocycles. The van der Waals surface area contributed by atoms with Crippen molar-refractivity contribution in [2.24, 2.45) is 0 Å². The maximum atomic E-state index is 12.4. The molecule has 2 N–H and O–H groups in total. The summed E-state index contributed by atoms with van der Waals surface area (Å²) in [6.45, 7) is 5.55. The summed E-state index contributed by atoms with van der Waals surface area (Å²) in [6, 6.07) is 15.0. The van der Waals surface area contributed by atoms with Crippen molar-refractivity contribution in [1.82, 2.24) is 5.32 Å². The number of ether oxygens (including phenoxy) is 2. The minimum atomic E-state index is -1.12. The predicted molar refractivity (Wildman–Crippen MR) is 132 cm³/mol. The molecule has 1 amide bonds. The van der Waals surface area contributed by atoms with E-state index in [1.165, 1.54) is 11.8 Å². The third-order valence-electron chi connectivity index (χ3n) is 5.36. The van der Waals surface area contributed by atoms with Gasteiger partial charge in [0.05, 0.1) is 6.42 Å².